The quantitative estimate of drug-likeness (QED) is 0.849. The number of ether oxygens (including phenoxy) is 1. The molecule has 2 N–H and O–H groups in total. The lowest BCUT2D eigenvalue weighted by Gasteiger charge is -2.15. The van der Waals surface area contributed by atoms with Gasteiger partial charge in [0.25, 0.3) is 0 Å². The molecular formula is C13H17N3O3. The molecule has 0 aliphatic carbocycles. The molecule has 1 saturated heterocycles. The van der Waals surface area contributed by atoms with Gasteiger partial charge in [-0.05, 0) is 24.6 Å². The van der Waals surface area contributed by atoms with E-state index in [9.17, 15) is 9.59 Å². The monoisotopic (exact) mass is 263 g/mol. The summed E-state index contributed by atoms with van der Waals surface area (Å²) < 4.78 is 5.21. The molecule has 6 heteroatoms. The number of hydrogen-bond donors (Lipinski definition) is 2. The van der Waals surface area contributed by atoms with Gasteiger partial charge in [-0.25, -0.2) is 4.79 Å². The fourth-order valence-electron chi connectivity index (χ4n) is 1.94. The first-order valence-corrected chi connectivity index (χ1v) is 6.08. The summed E-state index contributed by atoms with van der Waals surface area (Å²) in [5.41, 5.74) is 1.81. The molecule has 3 amide bonds. The number of rotatable bonds is 4. The molecule has 2 rings (SSSR count). The zero-order valence-corrected chi connectivity index (χ0v) is 11.0. The maximum Gasteiger partial charge on any atom is 0.324 e. The highest BCUT2D eigenvalue weighted by Gasteiger charge is 2.25. The van der Waals surface area contributed by atoms with Gasteiger partial charge in [0.05, 0.1) is 19.3 Å². The molecule has 0 unspecified atom stereocenters. The molecule has 0 bridgehead atoms. The normalized spacial score (nSPS) is 14.2. The van der Waals surface area contributed by atoms with Crippen LogP contribution in [0.3, 0.4) is 0 Å². The summed E-state index contributed by atoms with van der Waals surface area (Å²) in [6, 6.07) is 5.34. The molecule has 1 aliphatic rings. The number of carbonyl (C=O) groups excluding carboxylic acids is 2. The third-order valence-corrected chi connectivity index (χ3v) is 2.94. The van der Waals surface area contributed by atoms with Crippen LogP contribution in [-0.2, 0) is 4.79 Å². The van der Waals surface area contributed by atoms with Crippen molar-refractivity contribution in [2.45, 2.75) is 6.92 Å². The van der Waals surface area contributed by atoms with Crippen molar-refractivity contribution in [2.75, 3.05) is 32.1 Å². The smallest absolute Gasteiger partial charge is 0.324 e. The van der Waals surface area contributed by atoms with Crippen molar-refractivity contribution in [3.8, 4) is 5.75 Å². The van der Waals surface area contributed by atoms with Crippen molar-refractivity contribution in [1.29, 1.82) is 0 Å². The van der Waals surface area contributed by atoms with Crippen LogP contribution >= 0.6 is 0 Å². The van der Waals surface area contributed by atoms with Gasteiger partial charge in [0.2, 0.25) is 5.91 Å². The van der Waals surface area contributed by atoms with Crippen molar-refractivity contribution in [2.24, 2.45) is 0 Å². The van der Waals surface area contributed by atoms with Crippen LogP contribution in [0.1, 0.15) is 5.56 Å². The molecule has 19 heavy (non-hydrogen) atoms. The minimum Gasteiger partial charge on any atom is -0.495 e. The molecule has 1 fully saturated rings. The third-order valence-electron chi connectivity index (χ3n) is 2.94. The van der Waals surface area contributed by atoms with E-state index in [0.29, 0.717) is 18.8 Å². The molecule has 0 atom stereocenters. The summed E-state index contributed by atoms with van der Waals surface area (Å²) in [5, 5.41) is 5.60. The number of urea groups is 1. The molecule has 0 spiro atoms. The van der Waals surface area contributed by atoms with E-state index in [2.05, 4.69) is 10.6 Å². The van der Waals surface area contributed by atoms with Gasteiger partial charge in [-0.1, -0.05) is 6.07 Å². The summed E-state index contributed by atoms with van der Waals surface area (Å²) in [4.78, 5) is 24.4. The van der Waals surface area contributed by atoms with E-state index < -0.39 is 0 Å². The number of aryl methyl sites for hydroxylation is 1. The summed E-state index contributed by atoms with van der Waals surface area (Å²) in [6.45, 7) is 2.95. The number of imide groups is 1. The predicted molar refractivity (Wildman–Crippen MR) is 71.3 cm³/mol. The Bertz CT molecular complexity index is 502. The molecular weight excluding hydrogens is 246 g/mol. The molecule has 1 aromatic rings. The molecule has 0 saturated carbocycles. The zero-order chi connectivity index (χ0) is 13.8. The van der Waals surface area contributed by atoms with Crippen LogP contribution in [-0.4, -0.2) is 43.6 Å². The maximum atomic E-state index is 11.9. The average Bonchev–Trinajstić information content (AvgIpc) is 2.82. The number of amides is 3. The number of benzene rings is 1. The lowest BCUT2D eigenvalue weighted by Crippen LogP contribution is -2.38. The third kappa shape index (κ3) is 2.96. The zero-order valence-electron chi connectivity index (χ0n) is 11.0. The number of nitrogens with one attached hydrogen (secondary N) is 2. The molecule has 0 radical (unpaired) electrons. The van der Waals surface area contributed by atoms with Crippen LogP contribution in [0.15, 0.2) is 18.2 Å². The summed E-state index contributed by atoms with van der Waals surface area (Å²) in [5.74, 6) is 0.419. The summed E-state index contributed by atoms with van der Waals surface area (Å²) in [6.07, 6.45) is 0. The molecule has 102 valence electrons. The Morgan fingerprint density at radius 3 is 2.95 bits per heavy atom. The second-order valence-corrected chi connectivity index (χ2v) is 4.33. The van der Waals surface area contributed by atoms with Crippen molar-refractivity contribution in [3.05, 3.63) is 23.8 Å². The Morgan fingerprint density at radius 2 is 2.32 bits per heavy atom. The number of methoxy groups -OCH3 is 1. The van der Waals surface area contributed by atoms with Crippen molar-refractivity contribution >= 4 is 17.6 Å². The van der Waals surface area contributed by atoms with Crippen molar-refractivity contribution < 1.29 is 14.3 Å². The minimum atomic E-state index is -0.331. The van der Waals surface area contributed by atoms with Crippen LogP contribution in [0.2, 0.25) is 0 Å². The molecule has 1 heterocycles. The van der Waals surface area contributed by atoms with Gasteiger partial charge < -0.3 is 15.4 Å². The SMILES string of the molecule is COc1ccc(C)cc1NCC(=O)N1CCNC1=O. The van der Waals surface area contributed by atoms with Crippen LogP contribution in [0.5, 0.6) is 5.75 Å². The average molecular weight is 263 g/mol. The lowest BCUT2D eigenvalue weighted by molar-refractivity contribution is -0.125. The first-order chi connectivity index (χ1) is 9.11. The highest BCUT2D eigenvalue weighted by Crippen LogP contribution is 2.24. The van der Waals surface area contributed by atoms with Crippen molar-refractivity contribution in [3.63, 3.8) is 0 Å². The van der Waals surface area contributed by atoms with Crippen molar-refractivity contribution in [1.82, 2.24) is 10.2 Å². The van der Waals surface area contributed by atoms with Crippen LogP contribution < -0.4 is 15.4 Å². The van der Waals surface area contributed by atoms with E-state index in [4.69, 9.17) is 4.74 Å². The highest BCUT2D eigenvalue weighted by atomic mass is 16.5. The van der Waals surface area contributed by atoms with Gasteiger partial charge in [0.1, 0.15) is 5.75 Å². The Kier molecular flexibility index (Phi) is 3.89. The first kappa shape index (κ1) is 13.2. The van der Waals surface area contributed by atoms with Crippen LogP contribution in [0.4, 0.5) is 10.5 Å². The van der Waals surface area contributed by atoms with E-state index in [-0.39, 0.29) is 18.5 Å². The summed E-state index contributed by atoms with van der Waals surface area (Å²) in [7, 11) is 1.57. The van der Waals surface area contributed by atoms with Gasteiger partial charge in [-0.15, -0.1) is 0 Å². The Balaban J connectivity index is 2.00. The van der Waals surface area contributed by atoms with Gasteiger partial charge in [-0.3, -0.25) is 9.69 Å². The number of anilines is 1. The number of nitrogens with zero attached hydrogens (tertiary/aromatic N) is 1. The standard InChI is InChI=1S/C13H17N3O3/c1-9-3-4-11(19-2)10(7-9)15-8-12(17)16-6-5-14-13(16)18/h3-4,7,15H,5-6,8H2,1-2H3,(H,14,18). The van der Waals surface area contributed by atoms with E-state index in [1.165, 1.54) is 4.90 Å². The van der Waals surface area contributed by atoms with Crippen LogP contribution in [0, 0.1) is 6.92 Å². The topological polar surface area (TPSA) is 70.7 Å². The van der Waals surface area contributed by atoms with Gasteiger partial charge >= 0.3 is 6.03 Å². The molecule has 0 aromatic heterocycles. The fraction of sp³-hybridized carbons (Fsp3) is 0.385. The number of carbonyl (C=O) groups is 2. The molecule has 1 aromatic carbocycles. The van der Waals surface area contributed by atoms with Gasteiger partial charge in [-0.2, -0.15) is 0 Å². The minimum absolute atomic E-state index is 0.0627. The molecule has 1 aliphatic heterocycles. The van der Waals surface area contributed by atoms with Gasteiger partial charge in [0.15, 0.2) is 0 Å². The number of hydrogen-bond acceptors (Lipinski definition) is 4. The first-order valence-electron chi connectivity index (χ1n) is 6.08. The Morgan fingerprint density at radius 1 is 1.53 bits per heavy atom. The molecule has 6 nitrogen and oxygen atoms in total. The Hall–Kier alpha value is -2.24. The summed E-state index contributed by atoms with van der Waals surface area (Å²) >= 11 is 0. The predicted octanol–water partition coefficient (Wildman–Crippen LogP) is 0.967. The maximum absolute atomic E-state index is 11.9. The highest BCUT2D eigenvalue weighted by molar-refractivity contribution is 5.97. The Labute approximate surface area is 111 Å². The van der Waals surface area contributed by atoms with Gasteiger partial charge in [0, 0.05) is 13.1 Å². The van der Waals surface area contributed by atoms with Crippen LogP contribution in [0.25, 0.3) is 0 Å². The lowest BCUT2D eigenvalue weighted by atomic mass is 10.2. The van der Waals surface area contributed by atoms with E-state index in [0.717, 1.165) is 11.3 Å². The van der Waals surface area contributed by atoms with E-state index in [1.807, 2.05) is 25.1 Å². The largest absolute Gasteiger partial charge is 0.495 e. The van der Waals surface area contributed by atoms with E-state index >= 15 is 0 Å². The second kappa shape index (κ2) is 5.60. The fourth-order valence-corrected chi connectivity index (χ4v) is 1.94. The van der Waals surface area contributed by atoms with E-state index in [1.54, 1.807) is 7.11 Å². The second-order valence-electron chi connectivity index (χ2n) is 4.33.